The molecule has 4 nitrogen and oxygen atoms in total. The Morgan fingerprint density at radius 2 is 2.07 bits per heavy atom. The molecule has 1 aromatic carbocycles. The number of fused-ring (bicyclic) bond motifs is 2. The summed E-state index contributed by atoms with van der Waals surface area (Å²) in [7, 11) is 0. The van der Waals surface area contributed by atoms with Crippen molar-refractivity contribution in [2.45, 2.75) is 25.7 Å². The van der Waals surface area contributed by atoms with Crippen molar-refractivity contribution < 1.29 is 14.6 Å². The van der Waals surface area contributed by atoms with E-state index >= 15 is 0 Å². The van der Waals surface area contributed by atoms with Crippen molar-refractivity contribution >= 4 is 17.7 Å². The number of carbonyl (C=O) groups is 1. The highest BCUT2D eigenvalue weighted by Gasteiger charge is 2.40. The zero-order valence-corrected chi connectivity index (χ0v) is 16.4. The van der Waals surface area contributed by atoms with Crippen molar-refractivity contribution in [2.24, 2.45) is 17.8 Å². The fourth-order valence-electron chi connectivity index (χ4n) is 4.81. The number of aliphatic carboxylic acids is 1. The van der Waals surface area contributed by atoms with Gasteiger partial charge < -0.3 is 14.7 Å². The van der Waals surface area contributed by atoms with Gasteiger partial charge in [0.1, 0.15) is 5.75 Å². The number of para-hydroxylation sites is 1. The number of carboxylic acid groups (broad SMARTS) is 1. The van der Waals surface area contributed by atoms with Gasteiger partial charge in [-0.15, -0.1) is 11.8 Å². The van der Waals surface area contributed by atoms with Crippen molar-refractivity contribution in [3.05, 3.63) is 53.1 Å². The molecule has 1 heterocycles. The molecule has 1 aromatic rings. The van der Waals surface area contributed by atoms with Gasteiger partial charge in [-0.05, 0) is 55.2 Å². The molecule has 0 aromatic heterocycles. The molecule has 0 amide bonds. The molecule has 4 rings (SSSR count). The van der Waals surface area contributed by atoms with E-state index in [1.165, 1.54) is 25.7 Å². The minimum Gasteiger partial charge on any atom is -0.493 e. The monoisotopic (exact) mass is 385 g/mol. The third-order valence-electron chi connectivity index (χ3n) is 6.03. The van der Waals surface area contributed by atoms with Gasteiger partial charge in [-0.3, -0.25) is 0 Å². The van der Waals surface area contributed by atoms with Crippen LogP contribution >= 0.6 is 11.8 Å². The molecule has 2 aliphatic carbocycles. The molecule has 5 heteroatoms. The van der Waals surface area contributed by atoms with Crippen LogP contribution in [0.2, 0.25) is 0 Å². The van der Waals surface area contributed by atoms with E-state index < -0.39 is 5.97 Å². The average Bonchev–Trinajstić information content (AvgIpc) is 3.30. The van der Waals surface area contributed by atoms with Crippen LogP contribution in [-0.4, -0.2) is 41.4 Å². The van der Waals surface area contributed by atoms with E-state index in [0.29, 0.717) is 12.2 Å². The first kappa shape index (κ1) is 18.5. The van der Waals surface area contributed by atoms with Crippen LogP contribution in [0.4, 0.5) is 0 Å². The molecule has 2 bridgehead atoms. The maximum absolute atomic E-state index is 11.7. The molecule has 3 atom stereocenters. The Labute approximate surface area is 165 Å². The van der Waals surface area contributed by atoms with E-state index in [9.17, 15) is 9.90 Å². The normalized spacial score (nSPS) is 26.7. The zero-order valence-electron chi connectivity index (χ0n) is 15.5. The van der Waals surface area contributed by atoms with Crippen LogP contribution < -0.4 is 4.74 Å². The first-order valence-electron chi connectivity index (χ1n) is 9.90. The van der Waals surface area contributed by atoms with Gasteiger partial charge in [0.25, 0.3) is 0 Å². The number of nitrogens with zero attached hydrogens (tertiary/aromatic N) is 1. The topological polar surface area (TPSA) is 49.8 Å². The summed E-state index contributed by atoms with van der Waals surface area (Å²) in [5.41, 5.74) is 0.425. The van der Waals surface area contributed by atoms with Gasteiger partial charge in [0.2, 0.25) is 0 Å². The molecular formula is C22H27NO3S. The van der Waals surface area contributed by atoms with Crippen LogP contribution in [0.25, 0.3) is 0 Å². The molecular weight excluding hydrogens is 358 g/mol. The number of carboxylic acids is 1. The van der Waals surface area contributed by atoms with E-state index in [-0.39, 0.29) is 0 Å². The second-order valence-electron chi connectivity index (χ2n) is 7.78. The maximum atomic E-state index is 11.7. The first-order valence-corrected chi connectivity index (χ1v) is 10.9. The number of hydrogen-bond acceptors (Lipinski definition) is 4. The molecule has 2 fully saturated rings. The highest BCUT2D eigenvalue weighted by molar-refractivity contribution is 8.03. The lowest BCUT2D eigenvalue weighted by Crippen LogP contribution is -2.34. The van der Waals surface area contributed by atoms with Crippen LogP contribution in [0.3, 0.4) is 0 Å². The lowest BCUT2D eigenvalue weighted by atomic mass is 9.88. The largest absolute Gasteiger partial charge is 0.493 e. The van der Waals surface area contributed by atoms with Crippen LogP contribution in [0.5, 0.6) is 5.75 Å². The Hall–Kier alpha value is -1.88. The van der Waals surface area contributed by atoms with E-state index in [1.807, 2.05) is 36.4 Å². The lowest BCUT2D eigenvalue weighted by Gasteiger charge is -2.34. The highest BCUT2D eigenvalue weighted by atomic mass is 32.2. The van der Waals surface area contributed by atoms with Gasteiger partial charge in [-0.25, -0.2) is 4.79 Å². The summed E-state index contributed by atoms with van der Waals surface area (Å²) in [6.45, 7) is 2.37. The number of thioether (sulfide) groups is 1. The molecule has 0 radical (unpaired) electrons. The Balaban J connectivity index is 1.38. The zero-order chi connectivity index (χ0) is 18.6. The minimum atomic E-state index is -0.838. The molecule has 144 valence electrons. The van der Waals surface area contributed by atoms with Gasteiger partial charge in [-0.2, -0.15) is 0 Å². The fourth-order valence-corrected chi connectivity index (χ4v) is 5.81. The lowest BCUT2D eigenvalue weighted by molar-refractivity contribution is -0.132. The van der Waals surface area contributed by atoms with Crippen molar-refractivity contribution in [1.82, 2.24) is 4.90 Å². The summed E-state index contributed by atoms with van der Waals surface area (Å²) in [4.78, 5) is 14.0. The van der Waals surface area contributed by atoms with Gasteiger partial charge in [0.05, 0.1) is 17.2 Å². The van der Waals surface area contributed by atoms with Crippen LogP contribution in [0.1, 0.15) is 25.7 Å². The van der Waals surface area contributed by atoms with Crippen LogP contribution in [0, 0.1) is 17.8 Å². The summed E-state index contributed by atoms with van der Waals surface area (Å²) < 4.78 is 5.77. The third kappa shape index (κ3) is 4.34. The Morgan fingerprint density at radius 3 is 2.78 bits per heavy atom. The summed E-state index contributed by atoms with van der Waals surface area (Å²) in [6.07, 6.45) is 9.22. The van der Waals surface area contributed by atoms with E-state index in [0.717, 1.165) is 47.4 Å². The summed E-state index contributed by atoms with van der Waals surface area (Å²) in [6, 6.07) is 9.76. The molecule has 1 N–H and O–H groups in total. The summed E-state index contributed by atoms with van der Waals surface area (Å²) in [5.74, 6) is 3.24. The smallest absolute Gasteiger partial charge is 0.338 e. The SMILES string of the molecule is O=C(O)C1=C(SCCOc2ccccc2)N(CC2CC3CCC2C3)CC=C1. The average molecular weight is 386 g/mol. The molecule has 3 aliphatic rings. The summed E-state index contributed by atoms with van der Waals surface area (Å²) in [5, 5.41) is 10.6. The van der Waals surface area contributed by atoms with E-state index in [1.54, 1.807) is 17.8 Å². The summed E-state index contributed by atoms with van der Waals surface area (Å²) >= 11 is 1.61. The maximum Gasteiger partial charge on any atom is 0.338 e. The highest BCUT2D eigenvalue weighted by Crippen LogP contribution is 2.49. The minimum absolute atomic E-state index is 0.425. The first-order chi connectivity index (χ1) is 13.2. The number of hydrogen-bond donors (Lipinski definition) is 1. The predicted molar refractivity (Wildman–Crippen MR) is 109 cm³/mol. The second kappa shape index (κ2) is 8.42. The molecule has 2 saturated carbocycles. The van der Waals surface area contributed by atoms with Gasteiger partial charge in [0.15, 0.2) is 0 Å². The van der Waals surface area contributed by atoms with Crippen LogP contribution in [-0.2, 0) is 4.79 Å². The van der Waals surface area contributed by atoms with Crippen molar-refractivity contribution in [3.63, 3.8) is 0 Å². The molecule has 0 spiro atoms. The van der Waals surface area contributed by atoms with Crippen LogP contribution in [0.15, 0.2) is 53.1 Å². The van der Waals surface area contributed by atoms with Crippen molar-refractivity contribution in [1.29, 1.82) is 0 Å². The quantitative estimate of drug-likeness (QED) is 0.672. The van der Waals surface area contributed by atoms with Crippen molar-refractivity contribution in [3.8, 4) is 5.75 Å². The Bertz CT molecular complexity index is 730. The second-order valence-corrected chi connectivity index (χ2v) is 8.86. The molecule has 1 aliphatic heterocycles. The standard InChI is InChI=1S/C22H27NO3S/c24-22(25)20-7-4-10-23(15-18-14-16-8-9-17(18)13-16)21(20)27-12-11-26-19-5-2-1-3-6-19/h1-7,16-18H,8-15H2,(H,24,25). The molecule has 0 saturated heterocycles. The van der Waals surface area contributed by atoms with E-state index in [2.05, 4.69) is 4.90 Å². The number of benzene rings is 1. The third-order valence-corrected chi connectivity index (χ3v) is 7.15. The number of ether oxygens (including phenoxy) is 1. The Kier molecular flexibility index (Phi) is 5.77. The van der Waals surface area contributed by atoms with Crippen molar-refractivity contribution in [2.75, 3.05) is 25.4 Å². The molecule has 27 heavy (non-hydrogen) atoms. The fraction of sp³-hybridized carbons (Fsp3) is 0.500. The van der Waals surface area contributed by atoms with E-state index in [4.69, 9.17) is 4.74 Å². The number of rotatable bonds is 8. The van der Waals surface area contributed by atoms with Gasteiger partial charge in [0, 0.05) is 18.8 Å². The van der Waals surface area contributed by atoms with Gasteiger partial charge in [-0.1, -0.05) is 30.7 Å². The predicted octanol–water partition coefficient (Wildman–Crippen LogP) is 4.40. The van der Waals surface area contributed by atoms with Gasteiger partial charge >= 0.3 is 5.97 Å². The Morgan fingerprint density at radius 1 is 1.22 bits per heavy atom. The molecule has 3 unspecified atom stereocenters.